The summed E-state index contributed by atoms with van der Waals surface area (Å²) in [4.78, 5) is 11.8. The van der Waals surface area contributed by atoms with Gasteiger partial charge in [-0.05, 0) is 46.3 Å². The number of alkyl halides is 1. The zero-order chi connectivity index (χ0) is 19.9. The van der Waals surface area contributed by atoms with Crippen LogP contribution in [0.3, 0.4) is 0 Å². The Morgan fingerprint density at radius 1 is 0.808 bits per heavy atom. The van der Waals surface area contributed by atoms with Crippen molar-refractivity contribution in [1.29, 1.82) is 0 Å². The number of carbonyl (C=O) groups excluding carboxylic acids is 1. The fourth-order valence-electron chi connectivity index (χ4n) is 3.36. The summed E-state index contributed by atoms with van der Waals surface area (Å²) in [5.41, 5.74) is 0. The van der Waals surface area contributed by atoms with Crippen molar-refractivity contribution in [1.82, 2.24) is 0 Å². The van der Waals surface area contributed by atoms with Crippen molar-refractivity contribution in [2.24, 2.45) is 0 Å². The van der Waals surface area contributed by atoms with Crippen molar-refractivity contribution in [3.05, 3.63) is 0 Å². The van der Waals surface area contributed by atoms with E-state index in [4.69, 9.17) is 4.43 Å². The molecule has 0 aromatic rings. The van der Waals surface area contributed by atoms with Gasteiger partial charge in [-0.25, -0.2) is 0 Å². The van der Waals surface area contributed by atoms with Crippen LogP contribution in [-0.4, -0.2) is 25.0 Å². The minimum absolute atomic E-state index is 0.335. The van der Waals surface area contributed by atoms with Gasteiger partial charge in [-0.1, -0.05) is 86.6 Å². The van der Waals surface area contributed by atoms with Crippen LogP contribution in [0.15, 0.2) is 0 Å². The molecule has 0 bridgehead atoms. The Morgan fingerprint density at radius 3 is 1.58 bits per heavy atom. The van der Waals surface area contributed by atoms with Gasteiger partial charge in [0.25, 0.3) is 0 Å². The fourth-order valence-corrected chi connectivity index (χ4v) is 5.59. The third kappa shape index (κ3) is 16.5. The Labute approximate surface area is 173 Å². The van der Waals surface area contributed by atoms with Crippen molar-refractivity contribution in [2.45, 2.75) is 128 Å². The molecular formula is C22H45BrO2Si. The van der Waals surface area contributed by atoms with Crippen LogP contribution in [-0.2, 0) is 9.22 Å². The summed E-state index contributed by atoms with van der Waals surface area (Å²) in [7, 11) is -1.34. The predicted molar refractivity (Wildman–Crippen MR) is 122 cm³/mol. The Balaban J connectivity index is 3.26. The zero-order valence-electron chi connectivity index (χ0n) is 18.3. The lowest BCUT2D eigenvalue weighted by Crippen LogP contribution is -2.29. The number of Topliss-reactive ketones (excluding diaryl/α,β-unsaturated/α-hetero) is 1. The topological polar surface area (TPSA) is 26.3 Å². The summed E-state index contributed by atoms with van der Waals surface area (Å²) >= 11 is 3.44. The molecule has 0 saturated heterocycles. The Hall–Kier alpha value is 0.327. The van der Waals surface area contributed by atoms with Crippen LogP contribution in [0.4, 0.5) is 0 Å². The molecule has 0 rings (SSSR count). The molecule has 0 aliphatic rings. The Kier molecular flexibility index (Phi) is 15.5. The number of halogens is 1. The number of carbonyl (C=O) groups is 1. The molecule has 156 valence electrons. The van der Waals surface area contributed by atoms with Gasteiger partial charge in [0.1, 0.15) is 5.78 Å². The molecule has 0 spiro atoms. The second kappa shape index (κ2) is 15.3. The van der Waals surface area contributed by atoms with Crippen LogP contribution < -0.4 is 0 Å². The predicted octanol–water partition coefficient (Wildman–Crippen LogP) is 8.04. The highest BCUT2D eigenvalue weighted by Crippen LogP contribution is 2.21. The van der Waals surface area contributed by atoms with Gasteiger partial charge in [0.2, 0.25) is 0 Å². The summed E-state index contributed by atoms with van der Waals surface area (Å²) in [6.07, 6.45) is 16.7. The van der Waals surface area contributed by atoms with Gasteiger partial charge in [-0.3, -0.25) is 4.79 Å². The highest BCUT2D eigenvalue weighted by Gasteiger charge is 2.22. The fraction of sp³-hybridized carbons (Fsp3) is 0.955. The molecule has 2 nitrogen and oxygen atoms in total. The molecule has 0 aromatic carbocycles. The lowest BCUT2D eigenvalue weighted by atomic mass is 10.0. The zero-order valence-corrected chi connectivity index (χ0v) is 20.9. The lowest BCUT2D eigenvalue weighted by molar-refractivity contribution is -0.120. The minimum atomic E-state index is -1.34. The highest BCUT2D eigenvalue weighted by molar-refractivity contribution is 9.10. The van der Waals surface area contributed by atoms with Gasteiger partial charge < -0.3 is 4.43 Å². The van der Waals surface area contributed by atoms with E-state index in [1.54, 1.807) is 0 Å². The van der Waals surface area contributed by atoms with E-state index < -0.39 is 8.32 Å². The first-order valence-corrected chi connectivity index (χ1v) is 15.0. The van der Waals surface area contributed by atoms with Crippen molar-refractivity contribution >= 4 is 30.0 Å². The third-order valence-electron chi connectivity index (χ3n) is 5.13. The molecule has 0 aliphatic heterocycles. The molecule has 0 atom stereocenters. The van der Waals surface area contributed by atoms with Crippen molar-refractivity contribution < 1.29 is 9.22 Å². The molecule has 0 saturated carbocycles. The quantitative estimate of drug-likeness (QED) is 0.120. The number of hydrogen-bond acceptors (Lipinski definition) is 2. The maximum atomic E-state index is 11.8. The average Bonchev–Trinajstić information content (AvgIpc) is 2.53. The van der Waals surface area contributed by atoms with E-state index in [-0.39, 0.29) is 4.32 Å². The van der Waals surface area contributed by atoms with Crippen LogP contribution in [0.2, 0.25) is 19.1 Å². The number of ketones is 1. The van der Waals surface area contributed by atoms with Gasteiger partial charge in [-0.15, -0.1) is 0 Å². The summed E-state index contributed by atoms with van der Waals surface area (Å²) in [5, 5.41) is 0. The van der Waals surface area contributed by atoms with E-state index in [0.29, 0.717) is 5.78 Å². The molecule has 0 aliphatic carbocycles. The maximum absolute atomic E-state index is 11.8. The van der Waals surface area contributed by atoms with Gasteiger partial charge >= 0.3 is 0 Å². The van der Waals surface area contributed by atoms with E-state index >= 15 is 0 Å². The first kappa shape index (κ1) is 26.3. The van der Waals surface area contributed by atoms with E-state index in [1.165, 1.54) is 76.7 Å². The first-order chi connectivity index (χ1) is 12.2. The Morgan fingerprint density at radius 2 is 1.19 bits per heavy atom. The molecule has 0 radical (unpaired) electrons. The summed E-state index contributed by atoms with van der Waals surface area (Å²) < 4.78 is 5.54. The largest absolute Gasteiger partial charge is 0.418 e. The van der Waals surface area contributed by atoms with Crippen molar-refractivity contribution in [3.63, 3.8) is 0 Å². The van der Waals surface area contributed by atoms with Crippen molar-refractivity contribution in [3.8, 4) is 0 Å². The summed E-state index contributed by atoms with van der Waals surface area (Å²) in [5.74, 6) is 0.335. The smallest absolute Gasteiger partial charge is 0.186 e. The summed E-state index contributed by atoms with van der Waals surface area (Å²) in [6.45, 7) is 11.6. The molecule has 0 unspecified atom stereocenters. The van der Waals surface area contributed by atoms with Crippen molar-refractivity contribution in [2.75, 3.05) is 6.61 Å². The molecule has 4 heteroatoms. The lowest BCUT2D eigenvalue weighted by Gasteiger charge is -2.21. The second-order valence-electron chi connectivity index (χ2n) is 8.83. The van der Waals surface area contributed by atoms with Gasteiger partial charge in [0, 0.05) is 13.0 Å². The van der Waals surface area contributed by atoms with E-state index in [1.807, 2.05) is 13.8 Å². The molecule has 0 fully saturated rings. The van der Waals surface area contributed by atoms with Gasteiger partial charge in [0.15, 0.2) is 8.32 Å². The normalized spacial score (nSPS) is 12.5. The van der Waals surface area contributed by atoms with Crippen LogP contribution >= 0.6 is 15.9 Å². The minimum Gasteiger partial charge on any atom is -0.418 e. The number of unbranched alkanes of at least 4 members (excludes halogenated alkanes) is 11. The molecular weight excluding hydrogens is 404 g/mol. The van der Waals surface area contributed by atoms with E-state index in [9.17, 15) is 4.79 Å². The molecule has 26 heavy (non-hydrogen) atoms. The van der Waals surface area contributed by atoms with Crippen LogP contribution in [0.1, 0.15) is 104 Å². The maximum Gasteiger partial charge on any atom is 0.186 e. The Bertz CT molecular complexity index is 351. The van der Waals surface area contributed by atoms with E-state index in [2.05, 4.69) is 35.9 Å². The molecule has 0 amide bonds. The SMILES string of the molecule is CCO[Si](C)(C)CCCCCCCCCCCCCCC(=O)C(C)(C)Br. The van der Waals surface area contributed by atoms with Gasteiger partial charge in [-0.2, -0.15) is 0 Å². The van der Waals surface area contributed by atoms with E-state index in [0.717, 1.165) is 19.4 Å². The molecule has 0 aromatic heterocycles. The number of rotatable bonds is 18. The number of hydrogen-bond donors (Lipinski definition) is 0. The third-order valence-corrected chi connectivity index (χ3v) is 8.20. The first-order valence-electron chi connectivity index (χ1n) is 11.1. The van der Waals surface area contributed by atoms with Crippen LogP contribution in [0, 0.1) is 0 Å². The highest BCUT2D eigenvalue weighted by atomic mass is 79.9. The van der Waals surface area contributed by atoms with Crippen LogP contribution in [0.25, 0.3) is 0 Å². The second-order valence-corrected chi connectivity index (χ2v) is 15.1. The standard InChI is InChI=1S/C22H45BrO2Si/c1-6-25-26(4,5)20-18-16-14-12-10-8-7-9-11-13-15-17-19-21(24)22(2,3)23/h6-20H2,1-5H3. The monoisotopic (exact) mass is 448 g/mol. The molecule has 0 N–H and O–H groups in total. The summed E-state index contributed by atoms with van der Waals surface area (Å²) in [6, 6.07) is 1.32. The average molecular weight is 450 g/mol. The van der Waals surface area contributed by atoms with Gasteiger partial charge in [0.05, 0.1) is 4.32 Å². The molecule has 0 heterocycles. The van der Waals surface area contributed by atoms with Crippen LogP contribution in [0.5, 0.6) is 0 Å².